The molecule has 2 aliphatic rings. The Morgan fingerprint density at radius 2 is 2.04 bits per heavy atom. The van der Waals surface area contributed by atoms with E-state index in [1.54, 1.807) is 11.3 Å². The van der Waals surface area contributed by atoms with Crippen LogP contribution in [-0.2, 0) is 4.79 Å². The molecule has 4 heterocycles. The van der Waals surface area contributed by atoms with Gasteiger partial charge in [0.1, 0.15) is 16.5 Å². The summed E-state index contributed by atoms with van der Waals surface area (Å²) in [4.78, 5) is 37.0. The second-order valence-electron chi connectivity index (χ2n) is 6.79. The zero-order chi connectivity index (χ0) is 19.4. The molecule has 10 heteroatoms. The summed E-state index contributed by atoms with van der Waals surface area (Å²) in [6.45, 7) is 0. The van der Waals surface area contributed by atoms with Gasteiger partial charge in [0.15, 0.2) is 5.78 Å². The number of hydrogen-bond donors (Lipinski definition) is 3. The van der Waals surface area contributed by atoms with Crippen molar-refractivity contribution in [2.45, 2.75) is 24.7 Å². The number of anilines is 1. The number of H-pyrrole nitrogens is 2. The van der Waals surface area contributed by atoms with Crippen LogP contribution in [0.5, 0.6) is 0 Å². The van der Waals surface area contributed by atoms with E-state index in [1.807, 2.05) is 17.5 Å². The van der Waals surface area contributed by atoms with E-state index in [1.165, 1.54) is 12.1 Å². The van der Waals surface area contributed by atoms with E-state index in [-0.39, 0.29) is 17.5 Å². The van der Waals surface area contributed by atoms with Crippen molar-refractivity contribution in [3.05, 3.63) is 77.6 Å². The van der Waals surface area contributed by atoms with Gasteiger partial charge in [0, 0.05) is 28.5 Å². The molecule has 9 nitrogen and oxygen atoms in total. The molecule has 3 N–H and O–H groups in total. The van der Waals surface area contributed by atoms with Crippen LogP contribution >= 0.6 is 11.3 Å². The lowest BCUT2D eigenvalue weighted by molar-refractivity contribution is -0.402. The van der Waals surface area contributed by atoms with Crippen LogP contribution in [0.15, 0.2) is 50.1 Å². The molecular weight excluding hydrogens is 384 g/mol. The largest absolute Gasteiger partial charge is 0.433 e. The predicted octanol–water partition coefficient (Wildman–Crippen LogP) is 3.22. The zero-order valence-electron chi connectivity index (χ0n) is 14.4. The predicted molar refractivity (Wildman–Crippen MR) is 101 cm³/mol. The Morgan fingerprint density at radius 1 is 1.18 bits per heavy atom. The monoisotopic (exact) mass is 398 g/mol. The normalized spacial score (nSPS) is 21.2. The van der Waals surface area contributed by atoms with Crippen molar-refractivity contribution < 1.29 is 14.1 Å². The SMILES string of the molecule is O=C1C[C@H](c2cccs2)CC2=C1[C@@H](c1ccc([N+](=O)[O-])o1)c1c([nH][nH]c1=O)N2. The minimum Gasteiger partial charge on any atom is -0.405 e. The Morgan fingerprint density at radius 3 is 2.75 bits per heavy atom. The van der Waals surface area contributed by atoms with Crippen LogP contribution < -0.4 is 10.9 Å². The molecule has 0 radical (unpaired) electrons. The fourth-order valence-corrected chi connectivity index (χ4v) is 4.86. The number of furan rings is 1. The number of carbonyl (C=O) groups excluding carboxylic acids is 1. The topological polar surface area (TPSA) is 134 Å². The van der Waals surface area contributed by atoms with Gasteiger partial charge in [0.25, 0.3) is 5.56 Å². The highest BCUT2D eigenvalue weighted by atomic mass is 32.1. The molecule has 0 amide bonds. The number of nitrogens with one attached hydrogen (secondary N) is 3. The number of carbonyl (C=O) groups is 1. The molecule has 1 aliphatic carbocycles. The van der Waals surface area contributed by atoms with Gasteiger partial charge in [-0.2, -0.15) is 0 Å². The number of aromatic amines is 2. The summed E-state index contributed by atoms with van der Waals surface area (Å²) >= 11 is 1.60. The summed E-state index contributed by atoms with van der Waals surface area (Å²) in [5.41, 5.74) is 1.05. The van der Waals surface area contributed by atoms with Crippen molar-refractivity contribution in [2.75, 3.05) is 5.32 Å². The van der Waals surface area contributed by atoms with E-state index in [0.717, 1.165) is 4.88 Å². The van der Waals surface area contributed by atoms with Crippen molar-refractivity contribution in [1.82, 2.24) is 10.2 Å². The first kappa shape index (κ1) is 16.8. The number of ketones is 1. The number of aromatic nitrogens is 2. The third-order valence-electron chi connectivity index (χ3n) is 5.20. The number of thiophene rings is 1. The van der Waals surface area contributed by atoms with Crippen LogP contribution in [0, 0.1) is 10.1 Å². The summed E-state index contributed by atoms with van der Waals surface area (Å²) in [6, 6.07) is 6.65. The molecule has 3 aromatic rings. The molecule has 3 aromatic heterocycles. The van der Waals surface area contributed by atoms with Gasteiger partial charge in [0.2, 0.25) is 0 Å². The molecule has 0 bridgehead atoms. The van der Waals surface area contributed by atoms with Crippen LogP contribution in [0.3, 0.4) is 0 Å². The Hall–Kier alpha value is -3.40. The maximum Gasteiger partial charge on any atom is 0.433 e. The Labute approximate surface area is 161 Å². The smallest absolute Gasteiger partial charge is 0.405 e. The van der Waals surface area contributed by atoms with Gasteiger partial charge in [0.05, 0.1) is 17.5 Å². The lowest BCUT2D eigenvalue weighted by atomic mass is 9.75. The number of rotatable bonds is 3. The molecule has 0 saturated heterocycles. The molecule has 0 fully saturated rings. The van der Waals surface area contributed by atoms with Crippen LogP contribution in [-0.4, -0.2) is 20.9 Å². The van der Waals surface area contributed by atoms with Gasteiger partial charge >= 0.3 is 5.88 Å². The van der Waals surface area contributed by atoms with Crippen LogP contribution in [0.4, 0.5) is 11.7 Å². The maximum atomic E-state index is 13.1. The van der Waals surface area contributed by atoms with Gasteiger partial charge < -0.3 is 9.73 Å². The molecule has 142 valence electrons. The van der Waals surface area contributed by atoms with Crippen molar-refractivity contribution >= 4 is 28.8 Å². The number of nitrogens with zero attached hydrogens (tertiary/aromatic N) is 1. The third-order valence-corrected chi connectivity index (χ3v) is 6.23. The average Bonchev–Trinajstić information content (AvgIpc) is 3.41. The number of hydrogen-bond acceptors (Lipinski definition) is 7. The highest BCUT2D eigenvalue weighted by Gasteiger charge is 2.42. The minimum absolute atomic E-state index is 0.0533. The summed E-state index contributed by atoms with van der Waals surface area (Å²) in [6.07, 6.45) is 0.922. The van der Waals surface area contributed by atoms with Gasteiger partial charge in [-0.25, -0.2) is 0 Å². The fraction of sp³-hybridized carbons (Fsp3) is 0.222. The Balaban J connectivity index is 1.65. The third kappa shape index (κ3) is 2.45. The van der Waals surface area contributed by atoms with Crippen molar-refractivity contribution in [2.24, 2.45) is 0 Å². The van der Waals surface area contributed by atoms with E-state index >= 15 is 0 Å². The second-order valence-corrected chi connectivity index (χ2v) is 7.77. The van der Waals surface area contributed by atoms with E-state index in [0.29, 0.717) is 35.5 Å². The average molecular weight is 398 g/mol. The van der Waals surface area contributed by atoms with Gasteiger partial charge in [-0.05, 0) is 23.9 Å². The lowest BCUT2D eigenvalue weighted by Gasteiger charge is -2.33. The fourth-order valence-electron chi connectivity index (χ4n) is 4.03. The van der Waals surface area contributed by atoms with E-state index in [2.05, 4.69) is 15.5 Å². The molecule has 0 aromatic carbocycles. The van der Waals surface area contributed by atoms with Gasteiger partial charge in [-0.3, -0.25) is 29.9 Å². The second kappa shape index (κ2) is 6.06. The standard InChI is InChI=1S/C18H14N4O5S/c23-10-7-8(12-2-1-5-28-12)6-9-14(10)15(11-3-4-13(27-11)22(25)26)16-17(19-9)20-21-18(16)24/h1-5,8,15H,6-7H2,(H3,19,20,21,24)/t8-,15-/m1/s1. The number of Topliss-reactive ketones (excluding diaryl/α,β-unsaturated/α-hetero) is 1. The van der Waals surface area contributed by atoms with E-state index < -0.39 is 22.3 Å². The van der Waals surface area contributed by atoms with E-state index in [4.69, 9.17) is 4.42 Å². The number of nitro groups is 1. The lowest BCUT2D eigenvalue weighted by Crippen LogP contribution is -2.31. The summed E-state index contributed by atoms with van der Waals surface area (Å²) in [5.74, 6) is -0.599. The van der Waals surface area contributed by atoms with E-state index in [9.17, 15) is 19.7 Å². The number of fused-ring (bicyclic) bond motifs is 1. The molecule has 2 atom stereocenters. The number of allylic oxidation sites excluding steroid dienone is 2. The maximum absolute atomic E-state index is 13.1. The van der Waals surface area contributed by atoms with Crippen molar-refractivity contribution in [3.63, 3.8) is 0 Å². The zero-order valence-corrected chi connectivity index (χ0v) is 15.2. The van der Waals surface area contributed by atoms with Crippen LogP contribution in [0.25, 0.3) is 0 Å². The first-order valence-corrected chi connectivity index (χ1v) is 9.52. The Kier molecular flexibility index (Phi) is 3.63. The molecule has 0 spiro atoms. The van der Waals surface area contributed by atoms with Crippen LogP contribution in [0.1, 0.15) is 40.9 Å². The molecule has 0 unspecified atom stereocenters. The van der Waals surface area contributed by atoms with Crippen molar-refractivity contribution in [3.8, 4) is 0 Å². The summed E-state index contributed by atoms with van der Waals surface area (Å²) in [7, 11) is 0. The highest BCUT2D eigenvalue weighted by Crippen LogP contribution is 2.47. The van der Waals surface area contributed by atoms with Gasteiger partial charge in [-0.15, -0.1) is 11.3 Å². The minimum atomic E-state index is -0.785. The molecule has 1 aliphatic heterocycles. The molecular formula is C18H14N4O5S. The summed E-state index contributed by atoms with van der Waals surface area (Å²) in [5, 5.41) is 21.5. The Bertz CT molecular complexity index is 1180. The van der Waals surface area contributed by atoms with Crippen molar-refractivity contribution in [1.29, 1.82) is 0 Å². The van der Waals surface area contributed by atoms with Crippen LogP contribution in [0.2, 0.25) is 0 Å². The summed E-state index contributed by atoms with van der Waals surface area (Å²) < 4.78 is 5.38. The highest BCUT2D eigenvalue weighted by molar-refractivity contribution is 7.10. The first-order chi connectivity index (χ1) is 13.5. The van der Waals surface area contributed by atoms with Gasteiger partial charge in [-0.1, -0.05) is 6.07 Å². The molecule has 28 heavy (non-hydrogen) atoms. The molecule has 0 saturated carbocycles. The quantitative estimate of drug-likeness (QED) is 0.458. The molecule has 5 rings (SSSR count). The first-order valence-electron chi connectivity index (χ1n) is 8.64.